The van der Waals surface area contributed by atoms with Gasteiger partial charge in [-0.05, 0) is 18.2 Å². The summed E-state index contributed by atoms with van der Waals surface area (Å²) in [5.41, 5.74) is 4.69. The zero-order chi connectivity index (χ0) is 14.9. The van der Waals surface area contributed by atoms with Crippen molar-refractivity contribution in [3.63, 3.8) is 0 Å². The molecule has 106 valence electrons. The minimum Gasteiger partial charge on any atom is -0.240 e. The van der Waals surface area contributed by atoms with Crippen LogP contribution in [0.25, 0.3) is 27.9 Å². The third-order valence-electron chi connectivity index (χ3n) is 3.53. The summed E-state index contributed by atoms with van der Waals surface area (Å²) in [6, 6.07) is 17.9. The summed E-state index contributed by atoms with van der Waals surface area (Å²) in [5.74, 6) is 0. The van der Waals surface area contributed by atoms with Crippen molar-refractivity contribution in [2.75, 3.05) is 0 Å². The van der Waals surface area contributed by atoms with Crippen molar-refractivity contribution in [3.8, 4) is 22.4 Å². The zero-order valence-corrected chi connectivity index (χ0v) is 12.3. The van der Waals surface area contributed by atoms with Crippen LogP contribution in [0.3, 0.4) is 0 Å². The number of nitrogens with zero attached hydrogens (tertiary/aromatic N) is 4. The molecular formula is C17H11ClN4. The molecule has 0 radical (unpaired) electrons. The number of rotatable bonds is 2. The van der Waals surface area contributed by atoms with E-state index in [1.807, 2.05) is 65.3 Å². The van der Waals surface area contributed by atoms with E-state index in [0.717, 1.165) is 27.9 Å². The normalized spacial score (nSPS) is 11.0. The number of benzene rings is 1. The highest BCUT2D eigenvalue weighted by molar-refractivity contribution is 6.32. The van der Waals surface area contributed by atoms with Crippen LogP contribution in [-0.4, -0.2) is 19.8 Å². The number of pyridine rings is 1. The second-order valence-corrected chi connectivity index (χ2v) is 5.21. The van der Waals surface area contributed by atoms with E-state index in [4.69, 9.17) is 16.7 Å². The summed E-state index contributed by atoms with van der Waals surface area (Å²) in [6.07, 6.45) is 3.57. The molecule has 0 aliphatic rings. The van der Waals surface area contributed by atoms with Gasteiger partial charge in [0, 0.05) is 22.9 Å². The average Bonchev–Trinajstić information content (AvgIpc) is 2.95. The molecule has 0 bridgehead atoms. The van der Waals surface area contributed by atoms with Gasteiger partial charge in [0.1, 0.15) is 5.69 Å². The van der Waals surface area contributed by atoms with Crippen molar-refractivity contribution in [3.05, 3.63) is 72.1 Å². The predicted octanol–water partition coefficient (Wildman–Crippen LogP) is 4.11. The van der Waals surface area contributed by atoms with Gasteiger partial charge in [0.05, 0.1) is 11.7 Å². The standard InChI is InChI=1S/C17H11ClN4/c18-17-13(9-10-19-20-17)15-14-8-4-5-11-22(14)21-16(15)12-6-2-1-3-7-12/h1-11H. The lowest BCUT2D eigenvalue weighted by molar-refractivity contribution is 0.966. The Labute approximate surface area is 132 Å². The first kappa shape index (κ1) is 13.0. The topological polar surface area (TPSA) is 43.1 Å². The van der Waals surface area contributed by atoms with E-state index in [-0.39, 0.29) is 0 Å². The quantitative estimate of drug-likeness (QED) is 0.559. The monoisotopic (exact) mass is 306 g/mol. The Hall–Kier alpha value is -2.72. The average molecular weight is 307 g/mol. The van der Waals surface area contributed by atoms with Crippen LogP contribution < -0.4 is 0 Å². The van der Waals surface area contributed by atoms with Gasteiger partial charge in [0.25, 0.3) is 0 Å². The summed E-state index contributed by atoms with van der Waals surface area (Å²) < 4.78 is 1.86. The largest absolute Gasteiger partial charge is 0.240 e. The second kappa shape index (κ2) is 5.24. The SMILES string of the molecule is Clc1nnccc1-c1c(-c2ccccc2)nn2ccccc12. The van der Waals surface area contributed by atoms with Crippen molar-refractivity contribution in [2.24, 2.45) is 0 Å². The van der Waals surface area contributed by atoms with Crippen LogP contribution in [0.4, 0.5) is 0 Å². The van der Waals surface area contributed by atoms with E-state index in [1.54, 1.807) is 6.20 Å². The first-order valence-electron chi connectivity index (χ1n) is 6.85. The molecule has 0 aliphatic carbocycles. The molecule has 0 spiro atoms. The van der Waals surface area contributed by atoms with Gasteiger partial charge in [-0.25, -0.2) is 4.52 Å². The number of hydrogen-bond donors (Lipinski definition) is 0. The van der Waals surface area contributed by atoms with Crippen LogP contribution in [0, 0.1) is 0 Å². The molecule has 0 saturated carbocycles. The van der Waals surface area contributed by atoms with E-state index < -0.39 is 0 Å². The van der Waals surface area contributed by atoms with Crippen LogP contribution in [0.5, 0.6) is 0 Å². The lowest BCUT2D eigenvalue weighted by Gasteiger charge is -2.04. The maximum atomic E-state index is 6.26. The molecule has 0 amide bonds. The van der Waals surface area contributed by atoms with Gasteiger partial charge in [0.2, 0.25) is 0 Å². The molecule has 4 nitrogen and oxygen atoms in total. The van der Waals surface area contributed by atoms with Gasteiger partial charge in [-0.1, -0.05) is 48.0 Å². The van der Waals surface area contributed by atoms with Crippen molar-refractivity contribution in [1.29, 1.82) is 0 Å². The second-order valence-electron chi connectivity index (χ2n) is 4.86. The van der Waals surface area contributed by atoms with E-state index in [1.165, 1.54) is 0 Å². The highest BCUT2D eigenvalue weighted by atomic mass is 35.5. The van der Waals surface area contributed by atoms with Crippen molar-refractivity contribution >= 4 is 17.1 Å². The molecule has 3 aromatic heterocycles. The first-order valence-corrected chi connectivity index (χ1v) is 7.23. The summed E-state index contributed by atoms with van der Waals surface area (Å²) in [4.78, 5) is 0. The maximum absolute atomic E-state index is 6.26. The fourth-order valence-electron chi connectivity index (χ4n) is 2.56. The van der Waals surface area contributed by atoms with Crippen LogP contribution in [0.15, 0.2) is 67.0 Å². The molecular weight excluding hydrogens is 296 g/mol. The molecule has 0 N–H and O–H groups in total. The first-order chi connectivity index (χ1) is 10.8. The van der Waals surface area contributed by atoms with Crippen molar-refractivity contribution in [1.82, 2.24) is 19.8 Å². The van der Waals surface area contributed by atoms with Gasteiger partial charge < -0.3 is 0 Å². The summed E-state index contributed by atoms with van der Waals surface area (Å²) in [5, 5.41) is 12.9. The minimum absolute atomic E-state index is 0.374. The Morgan fingerprint density at radius 2 is 1.73 bits per heavy atom. The number of aromatic nitrogens is 4. The Balaban J connectivity index is 2.10. The van der Waals surface area contributed by atoms with Crippen molar-refractivity contribution in [2.45, 2.75) is 0 Å². The number of halogens is 1. The zero-order valence-electron chi connectivity index (χ0n) is 11.5. The summed E-state index contributed by atoms with van der Waals surface area (Å²) in [6.45, 7) is 0. The van der Waals surface area contributed by atoms with Crippen LogP contribution in [0.1, 0.15) is 0 Å². The van der Waals surface area contributed by atoms with E-state index >= 15 is 0 Å². The van der Waals surface area contributed by atoms with Crippen LogP contribution in [-0.2, 0) is 0 Å². The molecule has 0 saturated heterocycles. The van der Waals surface area contributed by atoms with Crippen molar-refractivity contribution < 1.29 is 0 Å². The third-order valence-corrected chi connectivity index (χ3v) is 3.81. The lowest BCUT2D eigenvalue weighted by Crippen LogP contribution is -1.88. The molecule has 1 aromatic carbocycles. The molecule has 0 fully saturated rings. The van der Waals surface area contributed by atoms with Crippen LogP contribution >= 0.6 is 11.6 Å². The number of fused-ring (bicyclic) bond motifs is 1. The molecule has 22 heavy (non-hydrogen) atoms. The maximum Gasteiger partial charge on any atom is 0.159 e. The van der Waals surface area contributed by atoms with E-state index in [2.05, 4.69) is 10.2 Å². The highest BCUT2D eigenvalue weighted by Gasteiger charge is 2.18. The predicted molar refractivity (Wildman–Crippen MR) is 86.7 cm³/mol. The van der Waals surface area contributed by atoms with Gasteiger partial charge in [-0.15, -0.1) is 5.10 Å². The molecule has 4 rings (SSSR count). The minimum atomic E-state index is 0.374. The lowest BCUT2D eigenvalue weighted by atomic mass is 10.0. The van der Waals surface area contributed by atoms with Gasteiger partial charge in [-0.2, -0.15) is 10.2 Å². The molecule has 0 aliphatic heterocycles. The van der Waals surface area contributed by atoms with E-state index in [9.17, 15) is 0 Å². The molecule has 0 unspecified atom stereocenters. The third kappa shape index (κ3) is 2.05. The Morgan fingerprint density at radius 1 is 0.909 bits per heavy atom. The Kier molecular flexibility index (Phi) is 3.09. The molecule has 3 heterocycles. The highest BCUT2D eigenvalue weighted by Crippen LogP contribution is 2.37. The van der Waals surface area contributed by atoms with Gasteiger partial charge in [0.15, 0.2) is 5.15 Å². The summed E-state index contributed by atoms with van der Waals surface area (Å²) >= 11 is 6.26. The molecule has 5 heteroatoms. The summed E-state index contributed by atoms with van der Waals surface area (Å²) in [7, 11) is 0. The van der Waals surface area contributed by atoms with Crippen LogP contribution in [0.2, 0.25) is 5.15 Å². The van der Waals surface area contributed by atoms with Gasteiger partial charge >= 0.3 is 0 Å². The fraction of sp³-hybridized carbons (Fsp3) is 0. The van der Waals surface area contributed by atoms with E-state index in [0.29, 0.717) is 5.15 Å². The Morgan fingerprint density at radius 3 is 2.55 bits per heavy atom. The number of hydrogen-bond acceptors (Lipinski definition) is 3. The van der Waals surface area contributed by atoms with Gasteiger partial charge in [-0.3, -0.25) is 0 Å². The molecule has 0 atom stereocenters. The Bertz CT molecular complexity index is 947. The fourth-order valence-corrected chi connectivity index (χ4v) is 2.76. The smallest absolute Gasteiger partial charge is 0.159 e. The molecule has 4 aromatic rings.